The van der Waals surface area contributed by atoms with Crippen molar-refractivity contribution >= 4 is 45.7 Å². The van der Waals surface area contributed by atoms with Crippen LogP contribution in [0.5, 0.6) is 5.75 Å². The van der Waals surface area contributed by atoms with Crippen molar-refractivity contribution in [2.45, 2.75) is 19.9 Å². The van der Waals surface area contributed by atoms with E-state index in [1.807, 2.05) is 42.7 Å². The lowest BCUT2D eigenvalue weighted by Gasteiger charge is -2.35. The van der Waals surface area contributed by atoms with E-state index in [9.17, 15) is 9.59 Å². The lowest BCUT2D eigenvalue weighted by molar-refractivity contribution is -0.111. The lowest BCUT2D eigenvalue weighted by atomic mass is 10.1. The Morgan fingerprint density at radius 2 is 1.84 bits per heavy atom. The number of hydrogen-bond donors (Lipinski definition) is 3. The third-order valence-corrected chi connectivity index (χ3v) is 7.69. The van der Waals surface area contributed by atoms with Crippen molar-refractivity contribution in [2.75, 3.05) is 62.9 Å². The molecule has 0 saturated carbocycles. The normalized spacial score (nSPS) is 13.7. The van der Waals surface area contributed by atoms with Crippen molar-refractivity contribution in [3.05, 3.63) is 66.8 Å². The smallest absolute Gasteiger partial charge is 0.267 e. The van der Waals surface area contributed by atoms with E-state index in [4.69, 9.17) is 4.74 Å². The summed E-state index contributed by atoms with van der Waals surface area (Å²) in [5, 5.41) is 9.58. The van der Waals surface area contributed by atoms with E-state index in [2.05, 4.69) is 49.3 Å². The van der Waals surface area contributed by atoms with Crippen LogP contribution in [0.1, 0.15) is 30.4 Å². The summed E-state index contributed by atoms with van der Waals surface area (Å²) in [6, 6.07) is 10.9. The molecule has 2 amide bonds. The molecule has 1 fully saturated rings. The number of carbonyl (C=O) groups excluding carboxylic acids is 2. The summed E-state index contributed by atoms with van der Waals surface area (Å²) in [4.78, 5) is 38.0. The first kappa shape index (κ1) is 30.5. The molecule has 1 aliphatic rings. The van der Waals surface area contributed by atoms with Crippen LogP contribution in [0, 0.1) is 5.82 Å². The fourth-order valence-electron chi connectivity index (χ4n) is 5.41. The lowest BCUT2D eigenvalue weighted by Crippen LogP contribution is -2.44. The molecule has 1 saturated heterocycles. The number of hydrogen-bond acceptors (Lipinski definition) is 8. The van der Waals surface area contributed by atoms with E-state index in [0.29, 0.717) is 28.4 Å². The van der Waals surface area contributed by atoms with Crippen LogP contribution in [-0.4, -0.2) is 78.6 Å². The van der Waals surface area contributed by atoms with Gasteiger partial charge in [-0.3, -0.25) is 9.59 Å². The fraction of sp³-hybridized carbons (Fsp3) is 0.312. The Morgan fingerprint density at radius 3 is 2.50 bits per heavy atom. The molecule has 12 heteroatoms. The van der Waals surface area contributed by atoms with Crippen LogP contribution in [0.2, 0.25) is 0 Å². The first-order chi connectivity index (χ1) is 21.1. The Morgan fingerprint density at radius 1 is 1.09 bits per heavy atom. The monoisotopic (exact) mass is 600 g/mol. The van der Waals surface area contributed by atoms with E-state index in [1.54, 1.807) is 26.3 Å². The number of nitrogens with one attached hydrogen (secondary N) is 3. The zero-order valence-corrected chi connectivity index (χ0v) is 25.6. The van der Waals surface area contributed by atoms with Crippen LogP contribution in [0.15, 0.2) is 55.3 Å². The number of amides is 2. The Labute approximate surface area is 255 Å². The molecule has 4 aromatic rings. The minimum Gasteiger partial charge on any atom is -0.494 e. The number of benzene rings is 2. The van der Waals surface area contributed by atoms with Crippen molar-refractivity contribution < 1.29 is 18.7 Å². The number of methoxy groups -OCH3 is 1. The topological polar surface area (TPSA) is 117 Å². The summed E-state index contributed by atoms with van der Waals surface area (Å²) in [5.74, 6) is -0.507. The van der Waals surface area contributed by atoms with Crippen molar-refractivity contribution in [1.29, 1.82) is 0 Å². The van der Waals surface area contributed by atoms with Crippen LogP contribution >= 0.6 is 0 Å². The minimum atomic E-state index is -0.597. The maximum absolute atomic E-state index is 15.2. The highest BCUT2D eigenvalue weighted by atomic mass is 19.1. The summed E-state index contributed by atoms with van der Waals surface area (Å²) in [6.07, 6.45) is 2.32. The van der Waals surface area contributed by atoms with Gasteiger partial charge in [-0.1, -0.05) is 18.7 Å². The molecule has 2 aromatic carbocycles. The largest absolute Gasteiger partial charge is 0.494 e. The molecular weight excluding hydrogens is 563 g/mol. The molecule has 11 nitrogen and oxygen atoms in total. The highest BCUT2D eigenvalue weighted by molar-refractivity contribution is 6.02. The Kier molecular flexibility index (Phi) is 8.81. The number of halogens is 1. The predicted octanol–water partition coefficient (Wildman–Crippen LogP) is 4.81. The molecule has 0 bridgehead atoms. The Bertz CT molecular complexity index is 1730. The molecule has 0 unspecified atom stereocenters. The summed E-state index contributed by atoms with van der Waals surface area (Å²) in [7, 11) is 5.22. The fourth-order valence-corrected chi connectivity index (χ4v) is 5.41. The third-order valence-electron chi connectivity index (χ3n) is 7.69. The zero-order chi connectivity index (χ0) is 31.5. The molecule has 0 aliphatic carbocycles. The highest BCUT2D eigenvalue weighted by Crippen LogP contribution is 2.39. The average molecular weight is 601 g/mol. The van der Waals surface area contributed by atoms with Crippen molar-refractivity contribution in [3.8, 4) is 17.0 Å². The van der Waals surface area contributed by atoms with Gasteiger partial charge in [-0.15, -0.1) is 0 Å². The molecule has 230 valence electrons. The second-order valence-electron chi connectivity index (χ2n) is 10.9. The summed E-state index contributed by atoms with van der Waals surface area (Å²) < 4.78 is 22.8. The number of anilines is 4. The Balaban J connectivity index is 1.53. The van der Waals surface area contributed by atoms with Crippen LogP contribution in [0.3, 0.4) is 0 Å². The summed E-state index contributed by atoms with van der Waals surface area (Å²) in [5.41, 5.74) is 3.79. The SMILES string of the molecule is C=CC(=O)Nc1cc(Nc2ncc(F)c(-c3ccc4cc(C(=O)NC)n(C(C)C)c4c3)n2)c(OC)cc1N1CCN(C)CC1. The van der Waals surface area contributed by atoms with Gasteiger partial charge in [-0.2, -0.15) is 0 Å². The van der Waals surface area contributed by atoms with Gasteiger partial charge < -0.3 is 35.1 Å². The van der Waals surface area contributed by atoms with Crippen LogP contribution in [0.4, 0.5) is 27.4 Å². The molecule has 0 atom stereocenters. The maximum atomic E-state index is 15.2. The van der Waals surface area contributed by atoms with Gasteiger partial charge in [-0.25, -0.2) is 14.4 Å². The molecular formula is C32H37FN8O3. The van der Waals surface area contributed by atoms with E-state index < -0.39 is 5.82 Å². The molecule has 0 radical (unpaired) electrons. The number of carbonyl (C=O) groups is 2. The molecule has 3 heterocycles. The van der Waals surface area contributed by atoms with Crippen LogP contribution in [-0.2, 0) is 4.79 Å². The zero-order valence-electron chi connectivity index (χ0n) is 25.6. The number of likely N-dealkylation sites (N-methyl/N-ethyl adjacent to an activating group) is 1. The second kappa shape index (κ2) is 12.7. The number of fused-ring (bicyclic) bond motifs is 1. The average Bonchev–Trinajstić information content (AvgIpc) is 3.41. The predicted molar refractivity (Wildman–Crippen MR) is 172 cm³/mol. The van der Waals surface area contributed by atoms with Gasteiger partial charge in [0.05, 0.1) is 30.4 Å². The molecule has 2 aromatic heterocycles. The number of piperazine rings is 1. The van der Waals surface area contributed by atoms with Gasteiger partial charge in [0, 0.05) is 61.8 Å². The van der Waals surface area contributed by atoms with Gasteiger partial charge in [0.1, 0.15) is 17.1 Å². The summed E-state index contributed by atoms with van der Waals surface area (Å²) in [6.45, 7) is 10.9. The molecule has 44 heavy (non-hydrogen) atoms. The minimum absolute atomic E-state index is 0.0143. The number of nitrogens with zero attached hydrogens (tertiary/aromatic N) is 5. The van der Waals surface area contributed by atoms with E-state index >= 15 is 4.39 Å². The summed E-state index contributed by atoms with van der Waals surface area (Å²) >= 11 is 0. The standard InChI is InChI=1S/C32H37FN8O3/c1-7-29(42)36-23-16-24(28(44-6)17-26(23)40-12-10-39(5)11-13-40)37-32-35-18-22(33)30(38-32)21-9-8-20-14-27(31(43)34-4)41(19(2)3)25(20)15-21/h7-9,14-19H,1,10-13H2,2-6H3,(H,34,43)(H,36,42)(H,35,37,38). The number of aromatic nitrogens is 3. The second-order valence-corrected chi connectivity index (χ2v) is 10.9. The van der Waals surface area contributed by atoms with E-state index in [-0.39, 0.29) is 29.5 Å². The quantitative estimate of drug-likeness (QED) is 0.235. The van der Waals surface area contributed by atoms with E-state index in [1.165, 1.54) is 6.08 Å². The van der Waals surface area contributed by atoms with Crippen molar-refractivity contribution in [3.63, 3.8) is 0 Å². The Hall–Kier alpha value is -4.97. The number of rotatable bonds is 9. The van der Waals surface area contributed by atoms with Crippen LogP contribution < -0.4 is 25.6 Å². The maximum Gasteiger partial charge on any atom is 0.267 e. The van der Waals surface area contributed by atoms with E-state index in [0.717, 1.165) is 49.0 Å². The number of ether oxygens (including phenoxy) is 1. The van der Waals surface area contributed by atoms with Crippen molar-refractivity contribution in [2.24, 2.45) is 0 Å². The van der Waals surface area contributed by atoms with Crippen molar-refractivity contribution in [1.82, 2.24) is 24.8 Å². The van der Waals surface area contributed by atoms with Crippen LogP contribution in [0.25, 0.3) is 22.2 Å². The molecule has 5 rings (SSSR count). The molecule has 0 spiro atoms. The first-order valence-corrected chi connectivity index (χ1v) is 14.4. The van der Waals surface area contributed by atoms with Gasteiger partial charge in [0.25, 0.3) is 5.91 Å². The third kappa shape index (κ3) is 6.06. The molecule has 1 aliphatic heterocycles. The van der Waals surface area contributed by atoms with Gasteiger partial charge in [-0.05, 0) is 45.2 Å². The van der Waals surface area contributed by atoms with Gasteiger partial charge in [0.2, 0.25) is 11.9 Å². The van der Waals surface area contributed by atoms with Gasteiger partial charge in [0.15, 0.2) is 5.82 Å². The first-order valence-electron chi connectivity index (χ1n) is 14.4. The highest BCUT2D eigenvalue weighted by Gasteiger charge is 2.22. The molecule has 3 N–H and O–H groups in total. The van der Waals surface area contributed by atoms with Gasteiger partial charge >= 0.3 is 0 Å².